The second-order valence-corrected chi connectivity index (χ2v) is 5.98. The van der Waals surface area contributed by atoms with Crippen LogP contribution in [0.3, 0.4) is 0 Å². The predicted molar refractivity (Wildman–Crippen MR) is 91.9 cm³/mol. The fraction of sp³-hybridized carbons (Fsp3) is 0.278. The SMILES string of the molecule is Cc1nc2cc(=O)[nH]n2c(C)c1CNC(=O)CCc1cccc(F)c1. The molecule has 0 radical (unpaired) electrons. The largest absolute Gasteiger partial charge is 0.352 e. The van der Waals surface area contributed by atoms with E-state index >= 15 is 0 Å². The number of carbonyl (C=O) groups is 1. The molecule has 0 unspecified atom stereocenters. The molecule has 1 amide bonds. The molecule has 0 bridgehead atoms. The van der Waals surface area contributed by atoms with Gasteiger partial charge >= 0.3 is 0 Å². The summed E-state index contributed by atoms with van der Waals surface area (Å²) in [5, 5.41) is 5.54. The minimum absolute atomic E-state index is 0.121. The van der Waals surface area contributed by atoms with E-state index in [2.05, 4.69) is 15.4 Å². The highest BCUT2D eigenvalue weighted by atomic mass is 19.1. The van der Waals surface area contributed by atoms with E-state index in [-0.39, 0.29) is 23.7 Å². The van der Waals surface area contributed by atoms with E-state index < -0.39 is 0 Å². The summed E-state index contributed by atoms with van der Waals surface area (Å²) in [5.41, 5.74) is 3.58. The smallest absolute Gasteiger partial charge is 0.266 e. The molecule has 7 heteroatoms. The van der Waals surface area contributed by atoms with E-state index in [1.165, 1.54) is 18.2 Å². The fourth-order valence-electron chi connectivity index (χ4n) is 2.84. The molecule has 0 aliphatic carbocycles. The van der Waals surface area contributed by atoms with Crippen molar-refractivity contribution >= 4 is 11.6 Å². The number of H-pyrrole nitrogens is 1. The number of aromatic nitrogens is 3. The van der Waals surface area contributed by atoms with E-state index in [1.54, 1.807) is 16.6 Å². The second-order valence-electron chi connectivity index (χ2n) is 5.98. The van der Waals surface area contributed by atoms with Crippen LogP contribution in [0.1, 0.15) is 28.9 Å². The van der Waals surface area contributed by atoms with Crippen molar-refractivity contribution < 1.29 is 9.18 Å². The van der Waals surface area contributed by atoms with Crippen LogP contribution in [-0.4, -0.2) is 20.5 Å². The Hall–Kier alpha value is -2.96. The van der Waals surface area contributed by atoms with Gasteiger partial charge < -0.3 is 5.32 Å². The molecular weight excluding hydrogens is 323 g/mol. The Labute approximate surface area is 143 Å². The Morgan fingerprint density at radius 1 is 1.32 bits per heavy atom. The number of aromatic amines is 1. The minimum Gasteiger partial charge on any atom is -0.352 e. The number of aryl methyl sites for hydroxylation is 3. The lowest BCUT2D eigenvalue weighted by Crippen LogP contribution is -2.24. The molecule has 2 aromatic heterocycles. The number of rotatable bonds is 5. The van der Waals surface area contributed by atoms with Gasteiger partial charge in [0.05, 0.1) is 0 Å². The number of nitrogens with one attached hydrogen (secondary N) is 2. The summed E-state index contributed by atoms with van der Waals surface area (Å²) in [6.07, 6.45) is 0.751. The van der Waals surface area contributed by atoms with Crippen LogP contribution in [0.15, 0.2) is 35.1 Å². The Morgan fingerprint density at radius 3 is 2.88 bits per heavy atom. The molecule has 0 saturated heterocycles. The number of hydrogen-bond donors (Lipinski definition) is 2. The summed E-state index contributed by atoms with van der Waals surface area (Å²) in [6.45, 7) is 4.04. The first-order valence-corrected chi connectivity index (χ1v) is 8.03. The maximum atomic E-state index is 13.1. The zero-order valence-corrected chi connectivity index (χ0v) is 14.1. The molecule has 3 rings (SSSR count). The summed E-state index contributed by atoms with van der Waals surface area (Å²) >= 11 is 0. The minimum atomic E-state index is -0.302. The van der Waals surface area contributed by atoms with Crippen LogP contribution < -0.4 is 10.9 Å². The van der Waals surface area contributed by atoms with Gasteiger partial charge in [-0.1, -0.05) is 12.1 Å². The number of hydrogen-bond acceptors (Lipinski definition) is 3. The predicted octanol–water partition coefficient (Wildman–Crippen LogP) is 2.03. The molecular formula is C18H19FN4O2. The number of fused-ring (bicyclic) bond motifs is 1. The quantitative estimate of drug-likeness (QED) is 0.745. The van der Waals surface area contributed by atoms with Crippen LogP contribution in [0.2, 0.25) is 0 Å². The summed E-state index contributed by atoms with van der Waals surface area (Å²) in [7, 11) is 0. The first kappa shape index (κ1) is 16.9. The van der Waals surface area contributed by atoms with Gasteiger partial charge in [-0.2, -0.15) is 0 Å². The first-order chi connectivity index (χ1) is 11.9. The molecule has 130 valence electrons. The van der Waals surface area contributed by atoms with Crippen LogP contribution in [0.25, 0.3) is 5.65 Å². The van der Waals surface area contributed by atoms with Gasteiger partial charge in [-0.3, -0.25) is 14.7 Å². The van der Waals surface area contributed by atoms with Gasteiger partial charge in [0.2, 0.25) is 5.91 Å². The van der Waals surface area contributed by atoms with Crippen molar-refractivity contribution in [2.24, 2.45) is 0 Å². The standard InChI is InChI=1S/C18H19FN4O2/c1-11-15(12(2)23-16(21-11)9-18(25)22-23)10-20-17(24)7-6-13-4-3-5-14(19)8-13/h3-5,8-9H,6-7,10H2,1-2H3,(H,20,24)(H,22,25). The molecule has 0 fully saturated rings. The van der Waals surface area contributed by atoms with Crippen molar-refractivity contribution in [1.29, 1.82) is 0 Å². The van der Waals surface area contributed by atoms with Crippen molar-refractivity contribution in [2.75, 3.05) is 0 Å². The Balaban J connectivity index is 1.66. The van der Waals surface area contributed by atoms with Gasteiger partial charge in [-0.25, -0.2) is 13.9 Å². The van der Waals surface area contributed by atoms with Crippen molar-refractivity contribution in [2.45, 2.75) is 33.2 Å². The van der Waals surface area contributed by atoms with E-state index in [0.29, 0.717) is 18.6 Å². The summed E-state index contributed by atoms with van der Waals surface area (Å²) in [5.74, 6) is -0.423. The topological polar surface area (TPSA) is 79.3 Å². The molecule has 0 aliphatic rings. The molecule has 6 nitrogen and oxygen atoms in total. The number of amides is 1. The average Bonchev–Trinajstić information content (AvgIpc) is 2.93. The third-order valence-electron chi connectivity index (χ3n) is 4.19. The molecule has 3 aromatic rings. The van der Waals surface area contributed by atoms with Gasteiger partial charge in [-0.05, 0) is 38.0 Å². The number of carbonyl (C=O) groups excluding carboxylic acids is 1. The van der Waals surface area contributed by atoms with Crippen molar-refractivity contribution in [3.63, 3.8) is 0 Å². The van der Waals surface area contributed by atoms with Crippen molar-refractivity contribution in [3.05, 3.63) is 69.0 Å². The molecule has 1 aromatic carbocycles. The zero-order valence-electron chi connectivity index (χ0n) is 14.1. The zero-order chi connectivity index (χ0) is 18.0. The van der Waals surface area contributed by atoms with E-state index in [4.69, 9.17) is 0 Å². The maximum absolute atomic E-state index is 13.1. The Morgan fingerprint density at radius 2 is 2.12 bits per heavy atom. The molecule has 2 N–H and O–H groups in total. The van der Waals surface area contributed by atoms with Gasteiger partial charge in [0.1, 0.15) is 5.82 Å². The molecule has 25 heavy (non-hydrogen) atoms. The highest BCUT2D eigenvalue weighted by Crippen LogP contribution is 2.13. The molecule has 0 saturated carbocycles. The molecule has 0 aliphatic heterocycles. The van der Waals surface area contributed by atoms with Crippen molar-refractivity contribution in [3.8, 4) is 0 Å². The second kappa shape index (κ2) is 6.88. The van der Waals surface area contributed by atoms with E-state index in [0.717, 1.165) is 22.5 Å². The summed E-state index contributed by atoms with van der Waals surface area (Å²) in [6, 6.07) is 7.67. The lowest BCUT2D eigenvalue weighted by atomic mass is 10.1. The Bertz CT molecular complexity index is 990. The van der Waals surface area contributed by atoms with Gasteiger partial charge in [-0.15, -0.1) is 0 Å². The third-order valence-corrected chi connectivity index (χ3v) is 4.19. The Kier molecular flexibility index (Phi) is 4.65. The summed E-state index contributed by atoms with van der Waals surface area (Å²) < 4.78 is 14.8. The van der Waals surface area contributed by atoms with Crippen LogP contribution in [-0.2, 0) is 17.8 Å². The third kappa shape index (κ3) is 3.76. The number of nitrogens with zero attached hydrogens (tertiary/aromatic N) is 2. The maximum Gasteiger partial charge on any atom is 0.266 e. The lowest BCUT2D eigenvalue weighted by molar-refractivity contribution is -0.121. The van der Waals surface area contributed by atoms with E-state index in [1.807, 2.05) is 13.8 Å². The van der Waals surface area contributed by atoms with Crippen LogP contribution in [0, 0.1) is 19.7 Å². The molecule has 0 spiro atoms. The normalized spacial score (nSPS) is 11.0. The van der Waals surface area contributed by atoms with Crippen LogP contribution >= 0.6 is 0 Å². The fourth-order valence-corrected chi connectivity index (χ4v) is 2.84. The van der Waals surface area contributed by atoms with Crippen molar-refractivity contribution in [1.82, 2.24) is 19.9 Å². The van der Waals surface area contributed by atoms with Crippen LogP contribution in [0.4, 0.5) is 4.39 Å². The van der Waals surface area contributed by atoms with E-state index in [9.17, 15) is 14.0 Å². The first-order valence-electron chi connectivity index (χ1n) is 8.03. The number of benzene rings is 1. The average molecular weight is 342 g/mol. The van der Waals surface area contributed by atoms with Crippen LogP contribution in [0.5, 0.6) is 0 Å². The van der Waals surface area contributed by atoms with Gasteiger partial charge in [0.15, 0.2) is 5.65 Å². The van der Waals surface area contributed by atoms with Gasteiger partial charge in [0, 0.05) is 36.0 Å². The number of halogens is 1. The highest BCUT2D eigenvalue weighted by molar-refractivity contribution is 5.76. The molecule has 0 atom stereocenters. The summed E-state index contributed by atoms with van der Waals surface area (Å²) in [4.78, 5) is 27.9. The monoisotopic (exact) mass is 342 g/mol. The van der Waals surface area contributed by atoms with Gasteiger partial charge in [0.25, 0.3) is 5.56 Å². The highest BCUT2D eigenvalue weighted by Gasteiger charge is 2.12. The molecule has 2 heterocycles. The lowest BCUT2D eigenvalue weighted by Gasteiger charge is -2.12.